The SMILES string of the molecule is N#Cc1cccc(C(=O)N2CCCC(Oc3ccccc3)C2)c1. The third-order valence-corrected chi connectivity index (χ3v) is 3.95. The van der Waals surface area contributed by atoms with Crippen LogP contribution in [0.3, 0.4) is 0 Å². The monoisotopic (exact) mass is 306 g/mol. The van der Waals surface area contributed by atoms with Crippen LogP contribution in [0.25, 0.3) is 0 Å². The van der Waals surface area contributed by atoms with E-state index < -0.39 is 0 Å². The molecule has 0 radical (unpaired) electrons. The topological polar surface area (TPSA) is 53.3 Å². The van der Waals surface area contributed by atoms with Gasteiger partial charge in [-0.3, -0.25) is 4.79 Å². The number of nitrogens with zero attached hydrogens (tertiary/aromatic N) is 2. The fourth-order valence-electron chi connectivity index (χ4n) is 2.81. The highest BCUT2D eigenvalue weighted by molar-refractivity contribution is 5.94. The number of hydrogen-bond acceptors (Lipinski definition) is 3. The van der Waals surface area contributed by atoms with Crippen molar-refractivity contribution in [1.29, 1.82) is 5.26 Å². The van der Waals surface area contributed by atoms with Crippen LogP contribution in [0.5, 0.6) is 5.75 Å². The number of hydrogen-bond donors (Lipinski definition) is 0. The number of rotatable bonds is 3. The summed E-state index contributed by atoms with van der Waals surface area (Å²) in [6, 6.07) is 18.6. The average molecular weight is 306 g/mol. The number of likely N-dealkylation sites (tertiary alicyclic amines) is 1. The van der Waals surface area contributed by atoms with E-state index in [1.807, 2.05) is 35.2 Å². The molecule has 116 valence electrons. The molecule has 0 bridgehead atoms. The first kappa shape index (κ1) is 15.1. The molecule has 0 aliphatic carbocycles. The molecule has 1 fully saturated rings. The van der Waals surface area contributed by atoms with Crippen LogP contribution in [-0.4, -0.2) is 30.0 Å². The predicted octanol–water partition coefficient (Wildman–Crippen LogP) is 3.24. The van der Waals surface area contributed by atoms with Crippen LogP contribution in [0, 0.1) is 11.3 Å². The Balaban J connectivity index is 1.68. The Kier molecular flexibility index (Phi) is 4.58. The summed E-state index contributed by atoms with van der Waals surface area (Å²) in [7, 11) is 0. The molecule has 0 saturated carbocycles. The first-order valence-electron chi connectivity index (χ1n) is 7.77. The zero-order valence-corrected chi connectivity index (χ0v) is 12.8. The van der Waals surface area contributed by atoms with Crippen LogP contribution in [0.1, 0.15) is 28.8 Å². The van der Waals surface area contributed by atoms with Crippen molar-refractivity contribution in [3.8, 4) is 11.8 Å². The molecule has 1 unspecified atom stereocenters. The number of amides is 1. The van der Waals surface area contributed by atoms with E-state index in [4.69, 9.17) is 10.00 Å². The summed E-state index contributed by atoms with van der Waals surface area (Å²) < 4.78 is 5.97. The summed E-state index contributed by atoms with van der Waals surface area (Å²) in [5, 5.41) is 8.97. The lowest BCUT2D eigenvalue weighted by molar-refractivity contribution is 0.0538. The Morgan fingerprint density at radius 2 is 2.00 bits per heavy atom. The fourth-order valence-corrected chi connectivity index (χ4v) is 2.81. The van der Waals surface area contributed by atoms with E-state index in [0.29, 0.717) is 17.7 Å². The van der Waals surface area contributed by atoms with Crippen LogP contribution in [-0.2, 0) is 0 Å². The van der Waals surface area contributed by atoms with Crippen molar-refractivity contribution < 1.29 is 9.53 Å². The van der Waals surface area contributed by atoms with Crippen molar-refractivity contribution in [3.63, 3.8) is 0 Å². The third-order valence-electron chi connectivity index (χ3n) is 3.95. The molecule has 23 heavy (non-hydrogen) atoms. The quantitative estimate of drug-likeness (QED) is 0.874. The highest BCUT2D eigenvalue weighted by Gasteiger charge is 2.25. The van der Waals surface area contributed by atoms with Gasteiger partial charge in [0.15, 0.2) is 0 Å². The molecule has 0 spiro atoms. The van der Waals surface area contributed by atoms with Gasteiger partial charge in [-0.15, -0.1) is 0 Å². The molecular weight excluding hydrogens is 288 g/mol. The maximum Gasteiger partial charge on any atom is 0.254 e. The minimum atomic E-state index is -0.0385. The Bertz CT molecular complexity index is 722. The highest BCUT2D eigenvalue weighted by atomic mass is 16.5. The smallest absolute Gasteiger partial charge is 0.254 e. The molecule has 1 aliphatic rings. The molecule has 0 N–H and O–H groups in total. The lowest BCUT2D eigenvalue weighted by atomic mass is 10.1. The Morgan fingerprint density at radius 1 is 1.17 bits per heavy atom. The van der Waals surface area contributed by atoms with Crippen molar-refractivity contribution >= 4 is 5.91 Å². The highest BCUT2D eigenvalue weighted by Crippen LogP contribution is 2.20. The molecule has 2 aromatic carbocycles. The van der Waals surface area contributed by atoms with Gasteiger partial charge in [-0.05, 0) is 43.2 Å². The Morgan fingerprint density at radius 3 is 2.78 bits per heavy atom. The van der Waals surface area contributed by atoms with Gasteiger partial charge in [-0.25, -0.2) is 0 Å². The number of para-hydroxylation sites is 1. The fraction of sp³-hybridized carbons (Fsp3) is 0.263. The van der Waals surface area contributed by atoms with Gasteiger partial charge in [0, 0.05) is 12.1 Å². The Labute approximate surface area is 135 Å². The van der Waals surface area contributed by atoms with Crippen LogP contribution >= 0.6 is 0 Å². The van der Waals surface area contributed by atoms with Crippen molar-refractivity contribution in [2.45, 2.75) is 18.9 Å². The van der Waals surface area contributed by atoms with Crippen molar-refractivity contribution in [1.82, 2.24) is 4.90 Å². The van der Waals surface area contributed by atoms with Crippen molar-refractivity contribution in [2.75, 3.05) is 13.1 Å². The molecule has 1 heterocycles. The van der Waals surface area contributed by atoms with Gasteiger partial charge in [0.25, 0.3) is 5.91 Å². The van der Waals surface area contributed by atoms with E-state index in [9.17, 15) is 4.79 Å². The number of carbonyl (C=O) groups excluding carboxylic acids is 1. The molecule has 1 amide bonds. The number of piperidine rings is 1. The lowest BCUT2D eigenvalue weighted by Gasteiger charge is -2.33. The summed E-state index contributed by atoms with van der Waals surface area (Å²) in [4.78, 5) is 14.4. The summed E-state index contributed by atoms with van der Waals surface area (Å²) in [6.45, 7) is 1.30. The van der Waals surface area contributed by atoms with Crippen LogP contribution in [0.2, 0.25) is 0 Å². The van der Waals surface area contributed by atoms with Crippen LogP contribution in [0.15, 0.2) is 54.6 Å². The van der Waals surface area contributed by atoms with E-state index in [0.717, 1.165) is 25.1 Å². The van der Waals surface area contributed by atoms with E-state index in [1.54, 1.807) is 24.3 Å². The largest absolute Gasteiger partial charge is 0.489 e. The number of nitriles is 1. The van der Waals surface area contributed by atoms with E-state index in [1.165, 1.54) is 0 Å². The molecule has 1 atom stereocenters. The zero-order valence-electron chi connectivity index (χ0n) is 12.8. The number of ether oxygens (including phenoxy) is 1. The van der Waals surface area contributed by atoms with Gasteiger partial charge in [0.2, 0.25) is 0 Å². The minimum Gasteiger partial charge on any atom is -0.489 e. The van der Waals surface area contributed by atoms with Gasteiger partial charge in [0.05, 0.1) is 18.2 Å². The second kappa shape index (κ2) is 6.97. The van der Waals surface area contributed by atoms with Gasteiger partial charge in [-0.1, -0.05) is 24.3 Å². The second-order valence-electron chi connectivity index (χ2n) is 5.64. The lowest BCUT2D eigenvalue weighted by Crippen LogP contribution is -2.44. The zero-order chi connectivity index (χ0) is 16.1. The molecule has 1 aliphatic heterocycles. The first-order chi connectivity index (χ1) is 11.3. The van der Waals surface area contributed by atoms with Gasteiger partial charge < -0.3 is 9.64 Å². The molecule has 1 saturated heterocycles. The van der Waals surface area contributed by atoms with Crippen LogP contribution < -0.4 is 4.74 Å². The van der Waals surface area contributed by atoms with Gasteiger partial charge in [0.1, 0.15) is 11.9 Å². The first-order valence-corrected chi connectivity index (χ1v) is 7.77. The van der Waals surface area contributed by atoms with E-state index in [2.05, 4.69) is 6.07 Å². The van der Waals surface area contributed by atoms with E-state index >= 15 is 0 Å². The Hall–Kier alpha value is -2.80. The summed E-state index contributed by atoms with van der Waals surface area (Å²) in [5.74, 6) is 0.793. The summed E-state index contributed by atoms with van der Waals surface area (Å²) >= 11 is 0. The molecule has 3 rings (SSSR count). The minimum absolute atomic E-state index is 0.00856. The summed E-state index contributed by atoms with van der Waals surface area (Å²) in [5.41, 5.74) is 1.06. The maximum atomic E-state index is 12.6. The molecule has 4 heteroatoms. The second-order valence-corrected chi connectivity index (χ2v) is 5.64. The molecule has 2 aromatic rings. The molecule has 0 aromatic heterocycles. The standard InChI is InChI=1S/C19H18N2O2/c20-13-15-6-4-7-16(12-15)19(22)21-11-5-10-18(14-21)23-17-8-2-1-3-9-17/h1-4,6-9,12,18H,5,10-11,14H2. The van der Waals surface area contributed by atoms with Gasteiger partial charge >= 0.3 is 0 Å². The molecule has 4 nitrogen and oxygen atoms in total. The van der Waals surface area contributed by atoms with Crippen molar-refractivity contribution in [2.24, 2.45) is 0 Å². The predicted molar refractivity (Wildman–Crippen MR) is 87.2 cm³/mol. The normalized spacial score (nSPS) is 17.3. The molecular formula is C19H18N2O2. The number of carbonyl (C=O) groups is 1. The van der Waals surface area contributed by atoms with E-state index in [-0.39, 0.29) is 12.0 Å². The number of benzene rings is 2. The van der Waals surface area contributed by atoms with Crippen LogP contribution in [0.4, 0.5) is 0 Å². The third kappa shape index (κ3) is 3.70. The maximum absolute atomic E-state index is 12.6. The van der Waals surface area contributed by atoms with Gasteiger partial charge in [-0.2, -0.15) is 5.26 Å². The van der Waals surface area contributed by atoms with Crippen molar-refractivity contribution in [3.05, 3.63) is 65.7 Å². The summed E-state index contributed by atoms with van der Waals surface area (Å²) in [6.07, 6.45) is 1.87. The average Bonchev–Trinajstić information content (AvgIpc) is 2.62.